The lowest BCUT2D eigenvalue weighted by Gasteiger charge is -2.59. The summed E-state index contributed by atoms with van der Waals surface area (Å²) in [5.41, 5.74) is -1.78. The van der Waals surface area contributed by atoms with Crippen LogP contribution in [0, 0.1) is 0 Å². The molecule has 2 fully saturated rings. The van der Waals surface area contributed by atoms with Gasteiger partial charge in [-0.15, -0.1) is 0 Å². The highest BCUT2D eigenvalue weighted by molar-refractivity contribution is 6.35. The maximum absolute atomic E-state index is 13.8. The maximum atomic E-state index is 13.8. The number of likely N-dealkylation sites (N-methyl/N-ethyl adjacent to an activating group) is 1. The molecule has 1 aromatic carbocycles. The van der Waals surface area contributed by atoms with Gasteiger partial charge in [-0.25, -0.2) is 4.79 Å². The number of amides is 2. The fourth-order valence-corrected chi connectivity index (χ4v) is 6.57. The second-order valence-electron chi connectivity index (χ2n) is 12.5. The average molecular weight is 650 g/mol. The first kappa shape index (κ1) is 34.7. The topological polar surface area (TPSA) is 145 Å². The van der Waals surface area contributed by atoms with Crippen LogP contribution in [0.5, 0.6) is 5.75 Å². The van der Waals surface area contributed by atoms with E-state index in [0.717, 1.165) is 11.1 Å². The number of carbonyl (C=O) groups is 3. The number of nitrogens with zero attached hydrogens (tertiary/aromatic N) is 1. The number of carbonyl (C=O) groups excluding carboxylic acids is 3. The number of alkyl carbamates (subject to hydrolysis) is 1. The molecule has 0 saturated carbocycles. The van der Waals surface area contributed by atoms with E-state index < -0.39 is 53.3 Å². The van der Waals surface area contributed by atoms with Gasteiger partial charge in [-0.2, -0.15) is 0 Å². The molecule has 248 valence electrons. The Kier molecular flexibility index (Phi) is 10.3. The largest absolute Gasteiger partial charge is 0.495 e. The van der Waals surface area contributed by atoms with Crippen LogP contribution >= 0.6 is 11.6 Å². The molecule has 2 saturated heterocycles. The zero-order valence-electron chi connectivity index (χ0n) is 27.1. The molecule has 6 bridgehead atoms. The third-order valence-corrected chi connectivity index (χ3v) is 9.29. The van der Waals surface area contributed by atoms with Gasteiger partial charge >= 0.3 is 12.1 Å². The quantitative estimate of drug-likeness (QED) is 0.406. The van der Waals surface area contributed by atoms with Crippen molar-refractivity contribution in [3.8, 4) is 5.75 Å². The van der Waals surface area contributed by atoms with Crippen LogP contribution in [-0.4, -0.2) is 92.7 Å². The zero-order chi connectivity index (χ0) is 33.3. The van der Waals surface area contributed by atoms with Gasteiger partial charge in [0.25, 0.3) is 0 Å². The Balaban J connectivity index is 1.80. The van der Waals surface area contributed by atoms with Crippen molar-refractivity contribution in [2.75, 3.05) is 33.2 Å². The third kappa shape index (κ3) is 7.15. The fourth-order valence-electron chi connectivity index (χ4n) is 6.26. The molecule has 4 aliphatic heterocycles. The highest BCUT2D eigenvalue weighted by atomic mass is 35.5. The number of aliphatic hydroxyl groups is 1. The van der Waals surface area contributed by atoms with Crippen LogP contribution in [0.15, 0.2) is 35.9 Å². The fraction of sp³-hybridized carbons (Fsp3) is 0.594. The molecule has 13 heteroatoms. The summed E-state index contributed by atoms with van der Waals surface area (Å²) in [6.07, 6.45) is 2.11. The van der Waals surface area contributed by atoms with Crippen LogP contribution in [0.4, 0.5) is 10.5 Å². The van der Waals surface area contributed by atoms with E-state index in [0.29, 0.717) is 17.9 Å². The van der Waals surface area contributed by atoms with Crippen LogP contribution in [0.2, 0.25) is 5.02 Å². The summed E-state index contributed by atoms with van der Waals surface area (Å²) >= 11 is 6.69. The lowest BCUT2D eigenvalue weighted by atomic mass is 9.72. The minimum Gasteiger partial charge on any atom is -0.495 e. The Morgan fingerprint density at radius 1 is 1.24 bits per heavy atom. The first-order valence-electron chi connectivity index (χ1n) is 14.9. The van der Waals surface area contributed by atoms with Crippen molar-refractivity contribution in [2.24, 2.45) is 0 Å². The highest BCUT2D eigenvalue weighted by Crippen LogP contribution is 2.50. The number of ether oxygens (including phenoxy) is 5. The predicted molar refractivity (Wildman–Crippen MR) is 167 cm³/mol. The summed E-state index contributed by atoms with van der Waals surface area (Å²) in [4.78, 5) is 41.0. The standard InChI is InChI=1S/C32H44ClN3O9/c1-18-10-9-11-23(42-8)32(40)16-25(44-29(39)35-32)31(4)17-30(3,45-31)24(43-28(38)19(2)34-5)15-26(37)36(6)21-13-20(12-18)14-22(41-7)27(21)33/h9-11,13-14,19,23-25,34,40H,12,15-17H2,1-8H3,(H,35,39)/b11-9+,18-10+/t19-,23+,24-,25-,30+,31-,32-/m0/s1. The number of esters is 1. The molecule has 4 heterocycles. The second-order valence-corrected chi connectivity index (χ2v) is 12.9. The van der Waals surface area contributed by atoms with Crippen molar-refractivity contribution in [3.05, 3.63) is 46.5 Å². The molecule has 0 unspecified atom stereocenters. The van der Waals surface area contributed by atoms with E-state index in [1.807, 2.05) is 19.1 Å². The smallest absolute Gasteiger partial charge is 0.409 e. The molecule has 3 N–H and O–H groups in total. The minimum absolute atomic E-state index is 0.0517. The highest BCUT2D eigenvalue weighted by Gasteiger charge is 2.63. The molecule has 7 atom stereocenters. The Labute approximate surface area is 269 Å². The summed E-state index contributed by atoms with van der Waals surface area (Å²) in [5, 5.41) is 17.2. The van der Waals surface area contributed by atoms with Crippen LogP contribution in [0.3, 0.4) is 0 Å². The van der Waals surface area contributed by atoms with Gasteiger partial charge in [0.05, 0.1) is 19.2 Å². The Bertz CT molecular complexity index is 1380. The number of hydrogen-bond acceptors (Lipinski definition) is 10. The molecule has 5 rings (SSSR count). The summed E-state index contributed by atoms with van der Waals surface area (Å²) < 4.78 is 29.1. The molecule has 2 amide bonds. The normalized spacial score (nSPS) is 34.8. The van der Waals surface area contributed by atoms with Crippen molar-refractivity contribution in [1.29, 1.82) is 0 Å². The van der Waals surface area contributed by atoms with Crippen LogP contribution < -0.4 is 20.3 Å². The van der Waals surface area contributed by atoms with Crippen molar-refractivity contribution in [1.82, 2.24) is 10.6 Å². The molecule has 12 nitrogen and oxygen atoms in total. The molecular weight excluding hydrogens is 606 g/mol. The SMILES string of the molecule is CN[C@@H](C)C(=O)O[C@H]1CC(=O)N(C)c2cc(cc(OC)c2Cl)C/C(C)=C/C=C/[C@@H](OC)[C@@]2(O)C[C@H](OC(=O)N2)[C@]2(C)C[C@@]1(C)O2. The van der Waals surface area contributed by atoms with E-state index in [9.17, 15) is 19.5 Å². The second kappa shape index (κ2) is 13.3. The third-order valence-electron chi connectivity index (χ3n) is 8.91. The zero-order valence-corrected chi connectivity index (χ0v) is 27.8. The van der Waals surface area contributed by atoms with Gasteiger partial charge < -0.3 is 39.0 Å². The van der Waals surface area contributed by atoms with Gasteiger partial charge in [-0.3, -0.25) is 14.9 Å². The minimum atomic E-state index is -1.81. The molecule has 0 aliphatic carbocycles. The van der Waals surface area contributed by atoms with Crippen molar-refractivity contribution >= 4 is 35.3 Å². The van der Waals surface area contributed by atoms with Gasteiger partial charge in [-0.1, -0.05) is 35.4 Å². The molecule has 45 heavy (non-hydrogen) atoms. The van der Waals surface area contributed by atoms with Crippen LogP contribution in [-0.2, 0) is 35.0 Å². The summed E-state index contributed by atoms with van der Waals surface area (Å²) in [6, 6.07) is 2.98. The number of allylic oxidation sites excluding steroid dienone is 3. The van der Waals surface area contributed by atoms with Crippen LogP contribution in [0.25, 0.3) is 0 Å². The average Bonchev–Trinajstić information content (AvgIpc) is 2.96. The van der Waals surface area contributed by atoms with Crippen LogP contribution in [0.1, 0.15) is 52.5 Å². The van der Waals surface area contributed by atoms with E-state index in [-0.39, 0.29) is 30.2 Å². The molecule has 0 spiro atoms. The number of anilines is 1. The lowest BCUT2D eigenvalue weighted by molar-refractivity contribution is -0.328. The molecule has 4 aliphatic rings. The van der Waals surface area contributed by atoms with Crippen molar-refractivity contribution in [2.45, 2.75) is 94.7 Å². The van der Waals surface area contributed by atoms with E-state index >= 15 is 0 Å². The molecular formula is C32H44ClN3O9. The van der Waals surface area contributed by atoms with E-state index in [4.69, 9.17) is 35.3 Å². The summed E-state index contributed by atoms with van der Waals surface area (Å²) in [6.45, 7) is 7.08. The number of hydrogen-bond donors (Lipinski definition) is 3. The predicted octanol–water partition coefficient (Wildman–Crippen LogP) is 3.42. The molecule has 1 aromatic rings. The van der Waals surface area contributed by atoms with Gasteiger partial charge in [0.15, 0.2) is 5.72 Å². The van der Waals surface area contributed by atoms with E-state index in [2.05, 4.69) is 10.6 Å². The summed E-state index contributed by atoms with van der Waals surface area (Å²) in [7, 11) is 6.17. The van der Waals surface area contributed by atoms with E-state index in [1.165, 1.54) is 19.1 Å². The Morgan fingerprint density at radius 2 is 1.93 bits per heavy atom. The number of benzene rings is 1. The lowest BCUT2D eigenvalue weighted by Crippen LogP contribution is -2.72. The van der Waals surface area contributed by atoms with Crippen molar-refractivity contribution in [3.63, 3.8) is 0 Å². The Morgan fingerprint density at radius 3 is 2.56 bits per heavy atom. The number of methoxy groups -OCH3 is 2. The Hall–Kier alpha value is -3.16. The first-order chi connectivity index (χ1) is 21.1. The summed E-state index contributed by atoms with van der Waals surface area (Å²) in [5.74, 6) is -0.530. The van der Waals surface area contributed by atoms with Gasteiger partial charge in [-0.05, 0) is 58.9 Å². The van der Waals surface area contributed by atoms with Gasteiger partial charge in [0.1, 0.15) is 46.3 Å². The number of nitrogens with one attached hydrogen (secondary N) is 2. The van der Waals surface area contributed by atoms with Gasteiger partial charge in [0.2, 0.25) is 5.91 Å². The number of fused-ring (bicyclic) bond motifs is 6. The van der Waals surface area contributed by atoms with Crippen molar-refractivity contribution < 1.29 is 43.2 Å². The molecule has 0 aromatic heterocycles. The molecule has 0 radical (unpaired) electrons. The van der Waals surface area contributed by atoms with Gasteiger partial charge in [0, 0.05) is 27.0 Å². The first-order valence-corrected chi connectivity index (χ1v) is 15.2. The monoisotopic (exact) mass is 649 g/mol. The van der Waals surface area contributed by atoms with E-state index in [1.54, 1.807) is 53.1 Å². The maximum Gasteiger partial charge on any atom is 0.409 e. The number of halogens is 1. The number of rotatable bonds is 5.